The number of rotatable bonds is 4. The van der Waals surface area contributed by atoms with Crippen molar-refractivity contribution >= 4 is 11.6 Å². The average molecular weight is 280 g/mol. The van der Waals surface area contributed by atoms with Gasteiger partial charge in [-0.15, -0.1) is 0 Å². The van der Waals surface area contributed by atoms with Crippen LogP contribution in [-0.2, 0) is 6.42 Å². The van der Waals surface area contributed by atoms with Crippen molar-refractivity contribution in [2.24, 2.45) is 5.84 Å². The van der Waals surface area contributed by atoms with Gasteiger partial charge in [-0.1, -0.05) is 23.7 Å². The van der Waals surface area contributed by atoms with Gasteiger partial charge in [0.15, 0.2) is 0 Å². The highest BCUT2D eigenvalue weighted by molar-refractivity contribution is 6.30. The molecule has 3 N–H and O–H groups in total. The second-order valence-corrected chi connectivity index (χ2v) is 4.78. The average Bonchev–Trinajstić information content (AvgIpc) is 2.41. The molecule has 19 heavy (non-hydrogen) atoms. The second-order valence-electron chi connectivity index (χ2n) is 4.38. The summed E-state index contributed by atoms with van der Waals surface area (Å²) in [5.41, 5.74) is 5.44. The molecule has 1 aromatic carbocycles. The number of hydrogen-bond donors (Lipinski definition) is 2. The number of nitrogens with zero attached hydrogens (tertiary/aromatic N) is 1. The fraction of sp³-hybridized carbons (Fsp3) is 0.214. The van der Waals surface area contributed by atoms with Crippen molar-refractivity contribution in [3.8, 4) is 0 Å². The van der Waals surface area contributed by atoms with Gasteiger partial charge in [-0.25, -0.2) is 4.39 Å². The summed E-state index contributed by atoms with van der Waals surface area (Å²) >= 11 is 5.67. The number of benzene rings is 1. The zero-order valence-electron chi connectivity index (χ0n) is 10.5. The van der Waals surface area contributed by atoms with E-state index in [-0.39, 0.29) is 11.1 Å². The molecule has 0 bridgehead atoms. The number of nitrogens with two attached hydrogens (primary N) is 1. The number of halogens is 2. The third-order valence-electron chi connectivity index (χ3n) is 3.01. The molecular formula is C14H15ClFN3. The molecule has 2 aromatic rings. The molecule has 0 amide bonds. The van der Waals surface area contributed by atoms with E-state index in [1.54, 1.807) is 18.3 Å². The van der Waals surface area contributed by atoms with Crippen LogP contribution in [0.15, 0.2) is 36.5 Å². The Morgan fingerprint density at radius 1 is 1.42 bits per heavy atom. The number of nitrogens with one attached hydrogen (secondary N) is 1. The van der Waals surface area contributed by atoms with Crippen molar-refractivity contribution in [3.63, 3.8) is 0 Å². The molecule has 0 spiro atoms. The van der Waals surface area contributed by atoms with Gasteiger partial charge in [-0.05, 0) is 42.7 Å². The lowest BCUT2D eigenvalue weighted by atomic mass is 10.0. The summed E-state index contributed by atoms with van der Waals surface area (Å²) in [7, 11) is 0. The molecule has 0 radical (unpaired) electrons. The van der Waals surface area contributed by atoms with Crippen LogP contribution in [0.2, 0.25) is 5.02 Å². The molecular weight excluding hydrogens is 265 g/mol. The van der Waals surface area contributed by atoms with E-state index in [0.717, 1.165) is 16.8 Å². The molecule has 1 aromatic heterocycles. The molecule has 1 unspecified atom stereocenters. The van der Waals surface area contributed by atoms with E-state index in [4.69, 9.17) is 17.4 Å². The molecule has 100 valence electrons. The first-order valence-corrected chi connectivity index (χ1v) is 6.31. The number of aromatic nitrogens is 1. The first-order valence-electron chi connectivity index (χ1n) is 5.93. The first-order chi connectivity index (χ1) is 9.11. The van der Waals surface area contributed by atoms with Crippen molar-refractivity contribution in [1.29, 1.82) is 0 Å². The van der Waals surface area contributed by atoms with Crippen LogP contribution in [-0.4, -0.2) is 4.98 Å². The maximum absolute atomic E-state index is 13.4. The summed E-state index contributed by atoms with van der Waals surface area (Å²) in [6.07, 6.45) is 2.26. The van der Waals surface area contributed by atoms with Crippen LogP contribution in [0.4, 0.5) is 4.39 Å². The Hall–Kier alpha value is -1.49. The topological polar surface area (TPSA) is 50.9 Å². The van der Waals surface area contributed by atoms with Gasteiger partial charge in [-0.3, -0.25) is 16.3 Å². The van der Waals surface area contributed by atoms with E-state index < -0.39 is 5.82 Å². The van der Waals surface area contributed by atoms with Gasteiger partial charge < -0.3 is 0 Å². The minimum absolute atomic E-state index is 0.120. The third-order valence-corrected chi connectivity index (χ3v) is 3.31. The van der Waals surface area contributed by atoms with Gasteiger partial charge in [0.05, 0.1) is 16.8 Å². The van der Waals surface area contributed by atoms with Crippen LogP contribution in [0, 0.1) is 12.7 Å². The van der Waals surface area contributed by atoms with Gasteiger partial charge in [-0.2, -0.15) is 0 Å². The Balaban J connectivity index is 2.24. The van der Waals surface area contributed by atoms with E-state index in [1.807, 2.05) is 19.1 Å². The van der Waals surface area contributed by atoms with Crippen molar-refractivity contribution < 1.29 is 4.39 Å². The van der Waals surface area contributed by atoms with Crippen LogP contribution >= 0.6 is 11.6 Å². The molecule has 0 aliphatic carbocycles. The molecule has 0 fully saturated rings. The minimum atomic E-state index is -0.423. The Morgan fingerprint density at radius 3 is 2.84 bits per heavy atom. The monoisotopic (exact) mass is 279 g/mol. The van der Waals surface area contributed by atoms with E-state index in [0.29, 0.717) is 6.42 Å². The van der Waals surface area contributed by atoms with E-state index in [9.17, 15) is 4.39 Å². The van der Waals surface area contributed by atoms with E-state index in [1.165, 1.54) is 6.07 Å². The maximum Gasteiger partial charge on any atom is 0.142 e. The first kappa shape index (κ1) is 13.9. The maximum atomic E-state index is 13.4. The highest BCUT2D eigenvalue weighted by Crippen LogP contribution is 2.21. The smallest absolute Gasteiger partial charge is 0.142 e. The van der Waals surface area contributed by atoms with Crippen molar-refractivity contribution in [1.82, 2.24) is 10.4 Å². The van der Waals surface area contributed by atoms with Gasteiger partial charge in [0, 0.05) is 6.20 Å². The molecule has 5 heteroatoms. The van der Waals surface area contributed by atoms with Crippen molar-refractivity contribution in [3.05, 3.63) is 64.2 Å². The summed E-state index contributed by atoms with van der Waals surface area (Å²) in [5, 5.41) is 0.120. The number of pyridine rings is 1. The molecule has 1 heterocycles. The van der Waals surface area contributed by atoms with Gasteiger partial charge in [0.1, 0.15) is 5.82 Å². The molecule has 0 aliphatic rings. The van der Waals surface area contributed by atoms with Gasteiger partial charge in [0.2, 0.25) is 0 Å². The number of hydrogen-bond acceptors (Lipinski definition) is 3. The highest BCUT2D eigenvalue weighted by Gasteiger charge is 2.15. The minimum Gasteiger partial charge on any atom is -0.271 e. The Bertz CT molecular complexity index is 574. The van der Waals surface area contributed by atoms with Crippen LogP contribution in [0.3, 0.4) is 0 Å². The lowest BCUT2D eigenvalue weighted by molar-refractivity contribution is 0.533. The quantitative estimate of drug-likeness (QED) is 0.668. The van der Waals surface area contributed by atoms with Crippen molar-refractivity contribution in [2.45, 2.75) is 19.4 Å². The summed E-state index contributed by atoms with van der Waals surface area (Å²) in [5.74, 6) is 5.16. The highest BCUT2D eigenvalue weighted by atomic mass is 35.5. The molecule has 0 aliphatic heterocycles. The lowest BCUT2D eigenvalue weighted by Crippen LogP contribution is -2.30. The predicted octanol–water partition coefficient (Wildman–Crippen LogP) is 2.93. The number of hydrazine groups is 1. The fourth-order valence-corrected chi connectivity index (χ4v) is 2.12. The summed E-state index contributed by atoms with van der Waals surface area (Å²) < 4.78 is 13.4. The summed E-state index contributed by atoms with van der Waals surface area (Å²) in [4.78, 5) is 4.32. The van der Waals surface area contributed by atoms with E-state index in [2.05, 4.69) is 10.4 Å². The molecule has 3 nitrogen and oxygen atoms in total. The standard InChI is InChI=1S/C14H15ClFN3/c1-9-3-2-6-18-14(9)13(19-17)8-10-4-5-11(15)12(16)7-10/h2-7,13,19H,8,17H2,1H3. The van der Waals surface area contributed by atoms with Gasteiger partial charge >= 0.3 is 0 Å². The normalized spacial score (nSPS) is 12.4. The van der Waals surface area contributed by atoms with Crippen LogP contribution in [0.1, 0.15) is 22.9 Å². The predicted molar refractivity (Wildman–Crippen MR) is 74.2 cm³/mol. The van der Waals surface area contributed by atoms with Crippen molar-refractivity contribution in [2.75, 3.05) is 0 Å². The van der Waals surface area contributed by atoms with E-state index >= 15 is 0 Å². The van der Waals surface area contributed by atoms with Crippen LogP contribution in [0.5, 0.6) is 0 Å². The molecule has 0 saturated heterocycles. The largest absolute Gasteiger partial charge is 0.271 e. The lowest BCUT2D eigenvalue weighted by Gasteiger charge is -2.17. The SMILES string of the molecule is Cc1cccnc1C(Cc1ccc(Cl)c(F)c1)NN. The second kappa shape index (κ2) is 6.10. The van der Waals surface area contributed by atoms with Crippen LogP contribution in [0.25, 0.3) is 0 Å². The molecule has 2 rings (SSSR count). The van der Waals surface area contributed by atoms with Crippen LogP contribution < -0.4 is 11.3 Å². The molecule has 0 saturated carbocycles. The number of aryl methyl sites for hydroxylation is 1. The Labute approximate surface area is 116 Å². The fourth-order valence-electron chi connectivity index (χ4n) is 2.00. The Morgan fingerprint density at radius 2 is 2.21 bits per heavy atom. The zero-order valence-corrected chi connectivity index (χ0v) is 11.3. The zero-order chi connectivity index (χ0) is 13.8. The van der Waals surface area contributed by atoms with Gasteiger partial charge in [0.25, 0.3) is 0 Å². The summed E-state index contributed by atoms with van der Waals surface area (Å²) in [6.45, 7) is 1.97. The third kappa shape index (κ3) is 3.29. The molecule has 1 atom stereocenters. The summed E-state index contributed by atoms with van der Waals surface area (Å²) in [6, 6.07) is 8.43. The Kier molecular flexibility index (Phi) is 4.47.